The molecule has 0 saturated carbocycles. The fraction of sp³-hybridized carbons (Fsp3) is 0. The van der Waals surface area contributed by atoms with Crippen LogP contribution in [-0.4, -0.2) is 26.0 Å². The van der Waals surface area contributed by atoms with E-state index in [0.717, 1.165) is 0 Å². The van der Waals surface area contributed by atoms with Crippen LogP contribution in [0.4, 0.5) is 0 Å². The van der Waals surface area contributed by atoms with Gasteiger partial charge in [0.05, 0.1) is 6.20 Å². The number of nitrogens with zero attached hydrogens (tertiary/aromatic N) is 4. The molecule has 18 heavy (non-hydrogen) atoms. The minimum absolute atomic E-state index is 0.00185. The first kappa shape index (κ1) is 11.5. The molecule has 0 aliphatic heterocycles. The zero-order valence-corrected chi connectivity index (χ0v) is 8.94. The van der Waals surface area contributed by atoms with E-state index in [0.29, 0.717) is 0 Å². The van der Waals surface area contributed by atoms with Crippen LogP contribution in [0.15, 0.2) is 30.9 Å². The van der Waals surface area contributed by atoms with Gasteiger partial charge in [0.2, 0.25) is 5.69 Å². The molecule has 0 fully saturated rings. The average Bonchev–Trinajstić information content (AvgIpc) is 2.40. The Kier molecular flexibility index (Phi) is 3.11. The molecule has 0 aromatic carbocycles. The molecule has 1 N–H and O–H groups in total. The van der Waals surface area contributed by atoms with Gasteiger partial charge in [-0.3, -0.25) is 4.98 Å². The van der Waals surface area contributed by atoms with Crippen LogP contribution < -0.4 is 4.74 Å². The summed E-state index contributed by atoms with van der Waals surface area (Å²) in [5.74, 6) is -1.22. The SMILES string of the molecule is N#Cc1nccnc1Oc1cnccc1C(=O)O. The normalized spacial score (nSPS) is 9.50. The minimum atomic E-state index is -1.16. The van der Waals surface area contributed by atoms with E-state index >= 15 is 0 Å². The maximum atomic E-state index is 11.0. The van der Waals surface area contributed by atoms with Crippen molar-refractivity contribution in [1.82, 2.24) is 15.0 Å². The monoisotopic (exact) mass is 242 g/mol. The maximum absolute atomic E-state index is 11.0. The quantitative estimate of drug-likeness (QED) is 0.861. The van der Waals surface area contributed by atoms with Gasteiger partial charge in [0.25, 0.3) is 5.88 Å². The number of carboxylic acids is 1. The van der Waals surface area contributed by atoms with Crippen molar-refractivity contribution in [2.45, 2.75) is 0 Å². The van der Waals surface area contributed by atoms with Gasteiger partial charge in [0.1, 0.15) is 11.6 Å². The van der Waals surface area contributed by atoms with E-state index in [-0.39, 0.29) is 22.9 Å². The number of rotatable bonds is 3. The summed E-state index contributed by atoms with van der Waals surface area (Å²) in [6, 6.07) is 3.09. The highest BCUT2D eigenvalue weighted by atomic mass is 16.5. The van der Waals surface area contributed by atoms with Crippen LogP contribution in [0.3, 0.4) is 0 Å². The summed E-state index contributed by atoms with van der Waals surface area (Å²) in [4.78, 5) is 22.3. The van der Waals surface area contributed by atoms with Crippen molar-refractivity contribution in [3.05, 3.63) is 42.1 Å². The summed E-state index contributed by atoms with van der Waals surface area (Å²) in [5.41, 5.74) is -0.0998. The number of hydrogen-bond donors (Lipinski definition) is 1. The van der Waals surface area contributed by atoms with Crippen molar-refractivity contribution in [1.29, 1.82) is 5.26 Å². The van der Waals surface area contributed by atoms with Crippen LogP contribution in [-0.2, 0) is 0 Å². The Hall–Kier alpha value is -3.01. The van der Waals surface area contributed by atoms with Gasteiger partial charge in [0.15, 0.2) is 5.75 Å². The largest absolute Gasteiger partial charge is 0.478 e. The number of nitriles is 1. The van der Waals surface area contributed by atoms with Crippen molar-refractivity contribution in [3.8, 4) is 17.7 Å². The first-order valence-corrected chi connectivity index (χ1v) is 4.78. The summed E-state index contributed by atoms with van der Waals surface area (Å²) in [7, 11) is 0. The third-order valence-corrected chi connectivity index (χ3v) is 1.99. The Bertz CT molecular complexity index is 636. The Morgan fingerprint density at radius 2 is 2.11 bits per heavy atom. The number of hydrogen-bond acceptors (Lipinski definition) is 6. The van der Waals surface area contributed by atoms with Gasteiger partial charge in [-0.05, 0) is 6.07 Å². The fourth-order valence-corrected chi connectivity index (χ4v) is 1.22. The highest BCUT2D eigenvalue weighted by Gasteiger charge is 2.14. The Balaban J connectivity index is 2.41. The summed E-state index contributed by atoms with van der Waals surface area (Å²) in [6.45, 7) is 0. The molecule has 2 rings (SSSR count). The van der Waals surface area contributed by atoms with Gasteiger partial charge in [-0.2, -0.15) is 5.26 Å². The molecule has 7 nitrogen and oxygen atoms in total. The number of aromatic nitrogens is 3. The number of pyridine rings is 1. The molecule has 0 saturated heterocycles. The van der Waals surface area contributed by atoms with Gasteiger partial charge in [-0.25, -0.2) is 14.8 Å². The number of carboxylic acid groups (broad SMARTS) is 1. The second kappa shape index (κ2) is 4.88. The highest BCUT2D eigenvalue weighted by Crippen LogP contribution is 2.24. The van der Waals surface area contributed by atoms with Gasteiger partial charge < -0.3 is 9.84 Å². The Labute approximate surface area is 101 Å². The van der Waals surface area contributed by atoms with Crippen LogP contribution in [0.1, 0.15) is 16.1 Å². The molecule has 2 aromatic rings. The minimum Gasteiger partial charge on any atom is -0.478 e. The van der Waals surface area contributed by atoms with E-state index in [2.05, 4.69) is 15.0 Å². The summed E-state index contributed by atoms with van der Waals surface area (Å²) in [5, 5.41) is 17.8. The van der Waals surface area contributed by atoms with Crippen LogP contribution >= 0.6 is 0 Å². The molecule has 0 bridgehead atoms. The summed E-state index contributed by atoms with van der Waals surface area (Å²) < 4.78 is 5.25. The maximum Gasteiger partial charge on any atom is 0.339 e. The molecule has 0 aliphatic carbocycles. The van der Waals surface area contributed by atoms with Gasteiger partial charge in [-0.1, -0.05) is 0 Å². The molecule has 0 atom stereocenters. The van der Waals surface area contributed by atoms with Gasteiger partial charge in [-0.15, -0.1) is 0 Å². The van der Waals surface area contributed by atoms with Crippen molar-refractivity contribution >= 4 is 5.97 Å². The van der Waals surface area contributed by atoms with E-state index in [1.807, 2.05) is 0 Å². The van der Waals surface area contributed by atoms with Crippen LogP contribution in [0.5, 0.6) is 11.6 Å². The molecule has 0 spiro atoms. The second-order valence-electron chi connectivity index (χ2n) is 3.10. The lowest BCUT2D eigenvalue weighted by Gasteiger charge is -2.06. The average molecular weight is 242 g/mol. The standard InChI is InChI=1S/C11H6N4O3/c12-5-8-10(15-4-3-14-8)18-9-6-13-2-1-7(9)11(16)17/h1-4,6H,(H,16,17). The first-order valence-electron chi connectivity index (χ1n) is 4.78. The van der Waals surface area contributed by atoms with E-state index in [9.17, 15) is 4.79 Å². The molecular formula is C11H6N4O3. The highest BCUT2D eigenvalue weighted by molar-refractivity contribution is 5.90. The van der Waals surface area contributed by atoms with Crippen molar-refractivity contribution in [3.63, 3.8) is 0 Å². The third-order valence-electron chi connectivity index (χ3n) is 1.99. The lowest BCUT2D eigenvalue weighted by molar-refractivity contribution is 0.0694. The number of ether oxygens (including phenoxy) is 1. The smallest absolute Gasteiger partial charge is 0.339 e. The number of carbonyl (C=O) groups is 1. The van der Waals surface area contributed by atoms with E-state index in [1.165, 1.54) is 30.9 Å². The van der Waals surface area contributed by atoms with Gasteiger partial charge in [0, 0.05) is 18.6 Å². The zero-order valence-electron chi connectivity index (χ0n) is 8.94. The van der Waals surface area contributed by atoms with Gasteiger partial charge >= 0.3 is 5.97 Å². The van der Waals surface area contributed by atoms with Crippen LogP contribution in [0.2, 0.25) is 0 Å². The molecule has 0 amide bonds. The molecular weight excluding hydrogens is 236 g/mol. The summed E-state index contributed by atoms with van der Waals surface area (Å²) >= 11 is 0. The van der Waals surface area contributed by atoms with Crippen LogP contribution in [0.25, 0.3) is 0 Å². The molecule has 88 valence electrons. The molecule has 0 radical (unpaired) electrons. The first-order chi connectivity index (χ1) is 8.72. The molecule has 7 heteroatoms. The van der Waals surface area contributed by atoms with Crippen molar-refractivity contribution in [2.75, 3.05) is 0 Å². The second-order valence-corrected chi connectivity index (χ2v) is 3.10. The third kappa shape index (κ3) is 2.22. The van der Waals surface area contributed by atoms with Crippen molar-refractivity contribution in [2.24, 2.45) is 0 Å². The van der Waals surface area contributed by atoms with Crippen LogP contribution in [0, 0.1) is 11.3 Å². The van der Waals surface area contributed by atoms with E-state index in [1.54, 1.807) is 6.07 Å². The topological polar surface area (TPSA) is 109 Å². The fourth-order valence-electron chi connectivity index (χ4n) is 1.22. The molecule has 2 aromatic heterocycles. The lowest BCUT2D eigenvalue weighted by atomic mass is 10.2. The molecule has 0 aliphatic rings. The van der Waals surface area contributed by atoms with Crippen molar-refractivity contribution < 1.29 is 14.6 Å². The molecule has 0 unspecified atom stereocenters. The predicted molar refractivity (Wildman–Crippen MR) is 58.0 cm³/mol. The Morgan fingerprint density at radius 1 is 1.33 bits per heavy atom. The number of aromatic carboxylic acids is 1. The Morgan fingerprint density at radius 3 is 2.83 bits per heavy atom. The lowest BCUT2D eigenvalue weighted by Crippen LogP contribution is -2.02. The van der Waals surface area contributed by atoms with E-state index < -0.39 is 5.97 Å². The predicted octanol–water partition coefficient (Wildman–Crippen LogP) is 1.23. The zero-order chi connectivity index (χ0) is 13.0. The molecule has 2 heterocycles. The summed E-state index contributed by atoms with van der Waals surface area (Å²) in [6.07, 6.45) is 5.25. The van der Waals surface area contributed by atoms with E-state index in [4.69, 9.17) is 15.1 Å².